The first-order chi connectivity index (χ1) is 8.15. The third kappa shape index (κ3) is 4.36. The zero-order valence-electron chi connectivity index (χ0n) is 10.3. The number of nitrogens with zero attached hydrogens (tertiary/aromatic N) is 1. The van der Waals surface area contributed by atoms with Gasteiger partial charge >= 0.3 is 5.97 Å². The van der Waals surface area contributed by atoms with Crippen molar-refractivity contribution < 1.29 is 9.53 Å². The lowest BCUT2D eigenvalue weighted by Gasteiger charge is -2.14. The summed E-state index contributed by atoms with van der Waals surface area (Å²) in [6, 6.07) is 4.01. The minimum Gasteiger partial charge on any atom is -0.463 e. The quantitative estimate of drug-likeness (QED) is 0.603. The molecule has 1 atom stereocenters. The largest absolute Gasteiger partial charge is 0.463 e. The van der Waals surface area contributed by atoms with E-state index < -0.39 is 0 Å². The van der Waals surface area contributed by atoms with Crippen LogP contribution in [0.15, 0.2) is 36.7 Å². The summed E-state index contributed by atoms with van der Waals surface area (Å²) < 4.78 is 4.85. The summed E-state index contributed by atoms with van der Waals surface area (Å²) in [5.74, 6) is -0.345. The summed E-state index contributed by atoms with van der Waals surface area (Å²) in [6.07, 6.45) is 3.49. The van der Waals surface area contributed by atoms with E-state index in [9.17, 15) is 4.79 Å². The molecule has 0 radical (unpaired) electrons. The van der Waals surface area contributed by atoms with Gasteiger partial charge in [-0.25, -0.2) is 4.79 Å². The van der Waals surface area contributed by atoms with Crippen molar-refractivity contribution in [2.75, 3.05) is 13.2 Å². The first-order valence-electron chi connectivity index (χ1n) is 5.63. The lowest BCUT2D eigenvalue weighted by atomic mass is 10.1. The van der Waals surface area contributed by atoms with E-state index in [2.05, 4.69) is 16.9 Å². The van der Waals surface area contributed by atoms with Gasteiger partial charge in [-0.3, -0.25) is 4.98 Å². The van der Waals surface area contributed by atoms with Crippen molar-refractivity contribution in [1.29, 1.82) is 0 Å². The highest BCUT2D eigenvalue weighted by atomic mass is 16.5. The van der Waals surface area contributed by atoms with Crippen LogP contribution in [-0.4, -0.2) is 24.1 Å². The Morgan fingerprint density at radius 2 is 2.18 bits per heavy atom. The maximum absolute atomic E-state index is 11.3. The fourth-order valence-electron chi connectivity index (χ4n) is 1.35. The molecule has 0 bridgehead atoms. The Morgan fingerprint density at radius 1 is 1.53 bits per heavy atom. The zero-order chi connectivity index (χ0) is 12.7. The summed E-state index contributed by atoms with van der Waals surface area (Å²) in [5.41, 5.74) is 1.56. The number of nitrogens with one attached hydrogen (secondary N) is 1. The maximum atomic E-state index is 11.3. The molecule has 0 saturated heterocycles. The number of carbonyl (C=O) groups is 1. The Hall–Kier alpha value is -1.68. The van der Waals surface area contributed by atoms with Crippen molar-refractivity contribution in [1.82, 2.24) is 10.3 Å². The third-order valence-electron chi connectivity index (χ3n) is 2.39. The number of hydrogen-bond acceptors (Lipinski definition) is 4. The van der Waals surface area contributed by atoms with Crippen molar-refractivity contribution in [2.45, 2.75) is 19.9 Å². The van der Waals surface area contributed by atoms with Crippen molar-refractivity contribution in [3.05, 3.63) is 42.2 Å². The fourth-order valence-corrected chi connectivity index (χ4v) is 1.35. The van der Waals surface area contributed by atoms with E-state index in [1.165, 1.54) is 0 Å². The Morgan fingerprint density at radius 3 is 2.76 bits per heavy atom. The minimum absolute atomic E-state index is 0.143. The average molecular weight is 234 g/mol. The molecule has 1 aromatic heterocycles. The SMILES string of the molecule is C=C(CNC(C)c1ccncc1)C(=O)OCC. The normalized spacial score (nSPS) is 11.9. The Bertz CT molecular complexity index is 376. The summed E-state index contributed by atoms with van der Waals surface area (Å²) in [4.78, 5) is 15.3. The molecule has 0 saturated carbocycles. The molecule has 4 heteroatoms. The van der Waals surface area contributed by atoms with Gasteiger partial charge in [0.2, 0.25) is 0 Å². The number of aromatic nitrogens is 1. The molecule has 0 fully saturated rings. The van der Waals surface area contributed by atoms with Crippen LogP contribution in [0.2, 0.25) is 0 Å². The predicted octanol–water partition coefficient (Wildman–Crippen LogP) is 1.85. The molecule has 0 spiro atoms. The second-order valence-corrected chi connectivity index (χ2v) is 3.71. The predicted molar refractivity (Wildman–Crippen MR) is 66.4 cm³/mol. The molecule has 0 aliphatic heterocycles. The van der Waals surface area contributed by atoms with Gasteiger partial charge in [-0.1, -0.05) is 6.58 Å². The molecule has 17 heavy (non-hydrogen) atoms. The smallest absolute Gasteiger partial charge is 0.334 e. The molecule has 4 nitrogen and oxygen atoms in total. The minimum atomic E-state index is -0.345. The van der Waals surface area contributed by atoms with Crippen LogP contribution in [0.4, 0.5) is 0 Å². The Balaban J connectivity index is 2.41. The van der Waals surface area contributed by atoms with E-state index in [0.717, 1.165) is 5.56 Å². The molecular weight excluding hydrogens is 216 g/mol. The van der Waals surface area contributed by atoms with Gasteiger partial charge in [0.25, 0.3) is 0 Å². The van der Waals surface area contributed by atoms with Crippen molar-refractivity contribution in [3.8, 4) is 0 Å². The van der Waals surface area contributed by atoms with Crippen LogP contribution in [0.3, 0.4) is 0 Å². The van der Waals surface area contributed by atoms with Gasteiger partial charge in [-0.2, -0.15) is 0 Å². The highest BCUT2D eigenvalue weighted by molar-refractivity contribution is 5.88. The Labute approximate surface area is 102 Å². The molecule has 0 aliphatic carbocycles. The molecule has 1 rings (SSSR count). The van der Waals surface area contributed by atoms with Gasteiger partial charge < -0.3 is 10.1 Å². The summed E-state index contributed by atoms with van der Waals surface area (Å²) in [6.45, 7) is 8.28. The molecule has 0 aliphatic rings. The average Bonchev–Trinajstić information content (AvgIpc) is 2.36. The summed E-state index contributed by atoms with van der Waals surface area (Å²) >= 11 is 0. The van der Waals surface area contributed by atoms with Gasteiger partial charge in [-0.05, 0) is 31.5 Å². The molecule has 0 aromatic carbocycles. The van der Waals surface area contributed by atoms with Crippen LogP contribution in [0, 0.1) is 0 Å². The van der Waals surface area contributed by atoms with Crippen molar-refractivity contribution in [2.24, 2.45) is 0 Å². The molecular formula is C13H18N2O2. The number of hydrogen-bond donors (Lipinski definition) is 1. The summed E-state index contributed by atoms with van der Waals surface area (Å²) in [7, 11) is 0. The Kier molecular flexibility index (Phi) is 5.36. The van der Waals surface area contributed by atoms with Gasteiger partial charge in [0, 0.05) is 30.6 Å². The van der Waals surface area contributed by atoms with Crippen molar-refractivity contribution in [3.63, 3.8) is 0 Å². The van der Waals surface area contributed by atoms with E-state index >= 15 is 0 Å². The molecule has 1 N–H and O–H groups in total. The number of pyridine rings is 1. The molecule has 1 heterocycles. The van der Waals surface area contributed by atoms with Crippen LogP contribution in [0.5, 0.6) is 0 Å². The fraction of sp³-hybridized carbons (Fsp3) is 0.385. The standard InChI is InChI=1S/C13H18N2O2/c1-4-17-13(16)10(2)9-15-11(3)12-5-7-14-8-6-12/h5-8,11,15H,2,4,9H2,1,3H3. The zero-order valence-corrected chi connectivity index (χ0v) is 10.3. The van der Waals surface area contributed by atoms with Crippen LogP contribution in [0.1, 0.15) is 25.5 Å². The van der Waals surface area contributed by atoms with Crippen LogP contribution < -0.4 is 5.32 Å². The molecule has 1 unspecified atom stereocenters. The number of carbonyl (C=O) groups excluding carboxylic acids is 1. The lowest BCUT2D eigenvalue weighted by Crippen LogP contribution is -2.24. The van der Waals surface area contributed by atoms with Gasteiger partial charge in [0.15, 0.2) is 0 Å². The maximum Gasteiger partial charge on any atom is 0.334 e. The molecule has 92 valence electrons. The second-order valence-electron chi connectivity index (χ2n) is 3.71. The van der Waals surface area contributed by atoms with E-state index in [1.807, 2.05) is 19.1 Å². The van der Waals surface area contributed by atoms with Gasteiger partial charge in [0.1, 0.15) is 0 Å². The summed E-state index contributed by atoms with van der Waals surface area (Å²) in [5, 5.41) is 3.21. The van der Waals surface area contributed by atoms with E-state index in [-0.39, 0.29) is 12.0 Å². The topological polar surface area (TPSA) is 51.2 Å². The van der Waals surface area contributed by atoms with Crippen LogP contribution in [0.25, 0.3) is 0 Å². The first-order valence-corrected chi connectivity index (χ1v) is 5.63. The van der Waals surface area contributed by atoms with E-state index in [4.69, 9.17) is 4.74 Å². The first kappa shape index (κ1) is 13.4. The van der Waals surface area contributed by atoms with E-state index in [1.54, 1.807) is 19.3 Å². The third-order valence-corrected chi connectivity index (χ3v) is 2.39. The highest BCUT2D eigenvalue weighted by Crippen LogP contribution is 2.10. The molecule has 0 amide bonds. The van der Waals surface area contributed by atoms with Gasteiger partial charge in [0.05, 0.1) is 6.61 Å². The number of rotatable bonds is 6. The monoisotopic (exact) mass is 234 g/mol. The number of esters is 1. The van der Waals surface area contributed by atoms with Gasteiger partial charge in [-0.15, -0.1) is 0 Å². The number of ether oxygens (including phenoxy) is 1. The van der Waals surface area contributed by atoms with Crippen molar-refractivity contribution >= 4 is 5.97 Å². The second kappa shape index (κ2) is 6.81. The lowest BCUT2D eigenvalue weighted by molar-refractivity contribution is -0.138. The highest BCUT2D eigenvalue weighted by Gasteiger charge is 2.10. The molecule has 1 aromatic rings. The van der Waals surface area contributed by atoms with E-state index in [0.29, 0.717) is 18.7 Å². The van der Waals surface area contributed by atoms with Crippen LogP contribution in [-0.2, 0) is 9.53 Å². The van der Waals surface area contributed by atoms with Crippen LogP contribution >= 0.6 is 0 Å².